The number of nitrogens with zero attached hydrogens (tertiary/aromatic N) is 2. The fourth-order valence-electron chi connectivity index (χ4n) is 4.55. The average Bonchev–Trinajstić information content (AvgIpc) is 2.86. The summed E-state index contributed by atoms with van der Waals surface area (Å²) in [5, 5.41) is 9.19. The quantitative estimate of drug-likeness (QED) is 0.444. The summed E-state index contributed by atoms with van der Waals surface area (Å²) >= 11 is 0. The van der Waals surface area contributed by atoms with Crippen molar-refractivity contribution in [2.75, 3.05) is 37.7 Å². The van der Waals surface area contributed by atoms with E-state index in [0.29, 0.717) is 5.75 Å². The molecule has 0 bridgehead atoms. The number of anilines is 1. The first-order chi connectivity index (χ1) is 16.7. The van der Waals surface area contributed by atoms with Crippen LogP contribution in [0.1, 0.15) is 42.9 Å². The SMILES string of the molecule is CCN(Cc1ccc(OCCN2CCC2)cc1)c1ccccc1.Oc1ccc2c(c1)CCCC2. The van der Waals surface area contributed by atoms with Crippen LogP contribution < -0.4 is 9.64 Å². The molecule has 3 aromatic carbocycles. The summed E-state index contributed by atoms with van der Waals surface area (Å²) in [6.07, 6.45) is 6.25. The Bertz CT molecular complexity index is 1000. The van der Waals surface area contributed by atoms with E-state index in [1.807, 2.05) is 12.1 Å². The van der Waals surface area contributed by atoms with Crippen LogP contribution in [0.15, 0.2) is 72.8 Å². The Hall–Kier alpha value is -2.98. The summed E-state index contributed by atoms with van der Waals surface area (Å²) in [5.41, 5.74) is 5.35. The van der Waals surface area contributed by atoms with Crippen LogP contribution in [0.2, 0.25) is 0 Å². The molecule has 0 saturated carbocycles. The Labute approximate surface area is 204 Å². The van der Waals surface area contributed by atoms with Crippen molar-refractivity contribution in [3.05, 3.63) is 89.5 Å². The van der Waals surface area contributed by atoms with Crippen molar-refractivity contribution < 1.29 is 9.84 Å². The van der Waals surface area contributed by atoms with Crippen LogP contribution in [0.4, 0.5) is 5.69 Å². The summed E-state index contributed by atoms with van der Waals surface area (Å²) < 4.78 is 5.83. The smallest absolute Gasteiger partial charge is 0.119 e. The zero-order valence-electron chi connectivity index (χ0n) is 20.5. The second kappa shape index (κ2) is 12.5. The molecule has 1 N–H and O–H groups in total. The fourth-order valence-corrected chi connectivity index (χ4v) is 4.55. The summed E-state index contributed by atoms with van der Waals surface area (Å²) in [6.45, 7) is 8.40. The molecule has 0 atom stereocenters. The molecular weight excluding hydrogens is 420 g/mol. The lowest BCUT2D eigenvalue weighted by atomic mass is 9.92. The predicted octanol–water partition coefficient (Wildman–Crippen LogP) is 6.07. The molecule has 1 aliphatic carbocycles. The first-order valence-corrected chi connectivity index (χ1v) is 12.8. The van der Waals surface area contributed by atoms with Gasteiger partial charge in [-0.1, -0.05) is 36.4 Å². The lowest BCUT2D eigenvalue weighted by Crippen LogP contribution is -2.39. The summed E-state index contributed by atoms with van der Waals surface area (Å²) in [7, 11) is 0. The number of hydrogen-bond donors (Lipinski definition) is 1. The molecule has 4 nitrogen and oxygen atoms in total. The molecule has 2 aliphatic rings. The van der Waals surface area contributed by atoms with Crippen LogP contribution in [-0.4, -0.2) is 42.8 Å². The number of fused-ring (bicyclic) bond motifs is 1. The largest absolute Gasteiger partial charge is 0.508 e. The fraction of sp³-hybridized carbons (Fsp3) is 0.400. The van der Waals surface area contributed by atoms with Gasteiger partial charge in [-0.3, -0.25) is 4.90 Å². The van der Waals surface area contributed by atoms with Crippen molar-refractivity contribution >= 4 is 5.69 Å². The molecule has 1 fully saturated rings. The van der Waals surface area contributed by atoms with Crippen molar-refractivity contribution in [3.63, 3.8) is 0 Å². The molecule has 5 rings (SSSR count). The van der Waals surface area contributed by atoms with Gasteiger partial charge in [-0.05, 0) is 105 Å². The van der Waals surface area contributed by atoms with E-state index in [4.69, 9.17) is 4.74 Å². The number of phenols is 1. The van der Waals surface area contributed by atoms with E-state index in [2.05, 4.69) is 71.3 Å². The molecular formula is C30H38N2O2. The van der Waals surface area contributed by atoms with E-state index in [1.165, 1.54) is 61.2 Å². The first-order valence-electron chi connectivity index (χ1n) is 12.8. The third kappa shape index (κ3) is 7.01. The van der Waals surface area contributed by atoms with E-state index in [1.54, 1.807) is 6.07 Å². The van der Waals surface area contributed by atoms with Gasteiger partial charge in [0.15, 0.2) is 0 Å². The van der Waals surface area contributed by atoms with Crippen LogP contribution in [0, 0.1) is 0 Å². The molecule has 0 spiro atoms. The molecule has 1 heterocycles. The van der Waals surface area contributed by atoms with Gasteiger partial charge >= 0.3 is 0 Å². The number of hydrogen-bond acceptors (Lipinski definition) is 4. The van der Waals surface area contributed by atoms with Gasteiger partial charge in [-0.25, -0.2) is 0 Å². The van der Waals surface area contributed by atoms with Gasteiger partial charge in [-0.2, -0.15) is 0 Å². The van der Waals surface area contributed by atoms with Crippen molar-refractivity contribution in [2.24, 2.45) is 0 Å². The molecule has 3 aromatic rings. The highest BCUT2D eigenvalue weighted by Crippen LogP contribution is 2.24. The number of likely N-dealkylation sites (tertiary alicyclic amines) is 1. The topological polar surface area (TPSA) is 35.9 Å². The van der Waals surface area contributed by atoms with Crippen molar-refractivity contribution in [1.82, 2.24) is 4.90 Å². The number of para-hydroxylation sites is 1. The summed E-state index contributed by atoms with van der Waals surface area (Å²) in [5.74, 6) is 1.38. The summed E-state index contributed by atoms with van der Waals surface area (Å²) in [6, 6.07) is 24.8. The first kappa shape index (κ1) is 24.2. The minimum Gasteiger partial charge on any atom is -0.508 e. The second-order valence-corrected chi connectivity index (χ2v) is 9.20. The third-order valence-corrected chi connectivity index (χ3v) is 6.76. The molecule has 1 aliphatic heterocycles. The zero-order chi connectivity index (χ0) is 23.6. The van der Waals surface area contributed by atoms with Crippen molar-refractivity contribution in [1.29, 1.82) is 0 Å². The van der Waals surface area contributed by atoms with E-state index < -0.39 is 0 Å². The highest BCUT2D eigenvalue weighted by atomic mass is 16.5. The number of benzene rings is 3. The Morgan fingerprint density at radius 3 is 2.26 bits per heavy atom. The van der Waals surface area contributed by atoms with Gasteiger partial charge in [0.05, 0.1) is 0 Å². The van der Waals surface area contributed by atoms with E-state index in [0.717, 1.165) is 38.4 Å². The molecule has 0 radical (unpaired) electrons. The van der Waals surface area contributed by atoms with Gasteiger partial charge in [-0.15, -0.1) is 0 Å². The van der Waals surface area contributed by atoms with E-state index in [9.17, 15) is 5.11 Å². The van der Waals surface area contributed by atoms with Crippen LogP contribution in [0.3, 0.4) is 0 Å². The monoisotopic (exact) mass is 458 g/mol. The van der Waals surface area contributed by atoms with Gasteiger partial charge in [0, 0.05) is 25.3 Å². The molecule has 4 heteroatoms. The number of aryl methyl sites for hydroxylation is 2. The number of rotatable bonds is 8. The minimum atomic E-state index is 0.408. The standard InChI is InChI=1S/C20H26N2O.C10H12O/c1-2-22(19-7-4-3-5-8-19)17-18-9-11-20(12-10-18)23-16-15-21-13-6-14-21;11-10-6-5-8-3-1-2-4-9(8)7-10/h3-5,7-12H,2,6,13-17H2,1H3;5-7,11H,1-4H2. The van der Waals surface area contributed by atoms with Gasteiger partial charge in [0.1, 0.15) is 18.1 Å². The Kier molecular flexibility index (Phi) is 8.86. The number of phenolic OH excluding ortho intramolecular Hbond substituents is 1. The minimum absolute atomic E-state index is 0.408. The predicted molar refractivity (Wildman–Crippen MR) is 141 cm³/mol. The normalized spacial score (nSPS) is 14.9. The number of ether oxygens (including phenoxy) is 1. The maximum atomic E-state index is 9.19. The van der Waals surface area contributed by atoms with Crippen LogP contribution in [0.25, 0.3) is 0 Å². The molecule has 180 valence electrons. The Balaban J connectivity index is 0.000000207. The Morgan fingerprint density at radius 1 is 0.853 bits per heavy atom. The van der Waals surface area contributed by atoms with Crippen LogP contribution in [-0.2, 0) is 19.4 Å². The second-order valence-electron chi connectivity index (χ2n) is 9.20. The van der Waals surface area contributed by atoms with Crippen LogP contribution >= 0.6 is 0 Å². The van der Waals surface area contributed by atoms with Crippen molar-refractivity contribution in [2.45, 2.75) is 45.6 Å². The lowest BCUT2D eigenvalue weighted by molar-refractivity contribution is 0.147. The molecule has 1 saturated heterocycles. The van der Waals surface area contributed by atoms with Gasteiger partial charge < -0.3 is 14.7 Å². The molecule has 0 aromatic heterocycles. The highest BCUT2D eigenvalue weighted by molar-refractivity contribution is 5.46. The van der Waals surface area contributed by atoms with Crippen LogP contribution in [0.5, 0.6) is 11.5 Å². The lowest BCUT2D eigenvalue weighted by Gasteiger charge is -2.30. The van der Waals surface area contributed by atoms with Crippen molar-refractivity contribution in [3.8, 4) is 11.5 Å². The molecule has 0 unspecified atom stereocenters. The number of aromatic hydroxyl groups is 1. The molecule has 34 heavy (non-hydrogen) atoms. The maximum Gasteiger partial charge on any atom is 0.119 e. The van der Waals surface area contributed by atoms with E-state index in [-0.39, 0.29) is 0 Å². The van der Waals surface area contributed by atoms with Gasteiger partial charge in [0.25, 0.3) is 0 Å². The Morgan fingerprint density at radius 2 is 1.59 bits per heavy atom. The zero-order valence-corrected chi connectivity index (χ0v) is 20.5. The molecule has 0 amide bonds. The summed E-state index contributed by atoms with van der Waals surface area (Å²) in [4.78, 5) is 4.80. The van der Waals surface area contributed by atoms with Gasteiger partial charge in [0.2, 0.25) is 0 Å². The highest BCUT2D eigenvalue weighted by Gasteiger charge is 2.13. The average molecular weight is 459 g/mol. The maximum absolute atomic E-state index is 9.19. The van der Waals surface area contributed by atoms with E-state index >= 15 is 0 Å². The third-order valence-electron chi connectivity index (χ3n) is 6.76.